The van der Waals surface area contributed by atoms with Crippen LogP contribution in [0.25, 0.3) is 11.3 Å². The number of H-pyrrole nitrogens is 1. The van der Waals surface area contributed by atoms with E-state index in [4.69, 9.17) is 0 Å². The Hall–Kier alpha value is -2.61. The summed E-state index contributed by atoms with van der Waals surface area (Å²) in [6.07, 6.45) is 10.2. The summed E-state index contributed by atoms with van der Waals surface area (Å²) in [6, 6.07) is 10.3. The van der Waals surface area contributed by atoms with Crippen LogP contribution in [0.3, 0.4) is 0 Å². The lowest BCUT2D eigenvalue weighted by atomic mass is 10.1. The zero-order chi connectivity index (χ0) is 20.1. The first-order valence-corrected chi connectivity index (χ1v) is 11.3. The second kappa shape index (κ2) is 9.26. The molecule has 0 spiro atoms. The maximum atomic E-state index is 12.6. The number of aromatic nitrogens is 5. The second-order valence-electron chi connectivity index (χ2n) is 7.30. The lowest BCUT2D eigenvalue weighted by Crippen LogP contribution is -2.25. The Balaban J connectivity index is 1.35. The van der Waals surface area contributed by atoms with Gasteiger partial charge in [-0.1, -0.05) is 54.9 Å². The third kappa shape index (κ3) is 4.37. The Morgan fingerprint density at radius 1 is 1.24 bits per heavy atom. The SMILES string of the molecule is CSc1nnc(CCCNC(=O)c2cn[nH]c2-c2ccccc2)n1C1CCCC1. The fourth-order valence-corrected chi connectivity index (χ4v) is 4.55. The molecule has 1 fully saturated rings. The maximum absolute atomic E-state index is 12.6. The van der Waals surface area contributed by atoms with Crippen molar-refractivity contribution in [2.45, 2.75) is 49.7 Å². The number of hydrogen-bond acceptors (Lipinski definition) is 5. The lowest BCUT2D eigenvalue weighted by molar-refractivity contribution is 0.0954. The first kappa shape index (κ1) is 19.7. The molecule has 2 N–H and O–H groups in total. The quantitative estimate of drug-likeness (QED) is 0.435. The highest BCUT2D eigenvalue weighted by Gasteiger charge is 2.23. The molecule has 1 aromatic carbocycles. The highest BCUT2D eigenvalue weighted by molar-refractivity contribution is 7.98. The number of carbonyl (C=O) groups excluding carboxylic acids is 1. The van der Waals surface area contributed by atoms with Gasteiger partial charge in [0.2, 0.25) is 0 Å². The Morgan fingerprint density at radius 2 is 2.03 bits per heavy atom. The van der Waals surface area contributed by atoms with Crippen LogP contribution in [0.1, 0.15) is 54.3 Å². The number of nitrogens with one attached hydrogen (secondary N) is 2. The van der Waals surface area contributed by atoms with Gasteiger partial charge in [-0.25, -0.2) is 0 Å². The molecule has 4 rings (SSSR count). The molecular formula is C21H26N6OS. The van der Waals surface area contributed by atoms with Gasteiger partial charge >= 0.3 is 0 Å². The van der Waals surface area contributed by atoms with Crippen LogP contribution in [-0.2, 0) is 6.42 Å². The molecule has 0 unspecified atom stereocenters. The number of thioether (sulfide) groups is 1. The first-order valence-electron chi connectivity index (χ1n) is 10.1. The molecule has 1 aliphatic carbocycles. The van der Waals surface area contributed by atoms with Crippen molar-refractivity contribution < 1.29 is 4.79 Å². The number of amides is 1. The maximum Gasteiger partial charge on any atom is 0.255 e. The van der Waals surface area contributed by atoms with E-state index in [9.17, 15) is 4.79 Å². The van der Waals surface area contributed by atoms with E-state index >= 15 is 0 Å². The molecule has 1 saturated carbocycles. The molecule has 0 radical (unpaired) electrons. The molecule has 2 aromatic heterocycles. The van der Waals surface area contributed by atoms with Crippen molar-refractivity contribution in [1.82, 2.24) is 30.3 Å². The average Bonchev–Trinajstić information content (AvgIpc) is 3.51. The van der Waals surface area contributed by atoms with E-state index in [2.05, 4.69) is 36.5 Å². The normalized spacial score (nSPS) is 14.4. The number of benzene rings is 1. The Kier molecular flexibility index (Phi) is 6.29. The molecule has 29 heavy (non-hydrogen) atoms. The highest BCUT2D eigenvalue weighted by atomic mass is 32.2. The van der Waals surface area contributed by atoms with E-state index in [1.54, 1.807) is 18.0 Å². The molecule has 152 valence electrons. The predicted octanol–water partition coefficient (Wildman–Crippen LogP) is 3.87. The average molecular weight is 411 g/mol. The lowest BCUT2D eigenvalue weighted by Gasteiger charge is -2.16. The number of rotatable bonds is 8. The Morgan fingerprint density at radius 3 is 2.79 bits per heavy atom. The third-order valence-corrected chi connectivity index (χ3v) is 6.06. The molecule has 0 atom stereocenters. The standard InChI is InChI=1S/C21H26N6OS/c1-29-21-26-24-18(27(21)16-10-5-6-11-16)12-7-13-22-20(28)17-14-23-25-19(17)15-8-3-2-4-9-15/h2-4,8-9,14,16H,5-7,10-13H2,1H3,(H,22,28)(H,23,25). The molecule has 3 aromatic rings. The summed E-state index contributed by atoms with van der Waals surface area (Å²) < 4.78 is 2.32. The molecule has 7 nitrogen and oxygen atoms in total. The van der Waals surface area contributed by atoms with Gasteiger partial charge in [-0.3, -0.25) is 9.89 Å². The topological polar surface area (TPSA) is 88.5 Å². The Labute approximate surface area is 174 Å². The number of carbonyl (C=O) groups is 1. The predicted molar refractivity (Wildman–Crippen MR) is 114 cm³/mol. The highest BCUT2D eigenvalue weighted by Crippen LogP contribution is 2.33. The molecule has 0 saturated heterocycles. The minimum atomic E-state index is -0.111. The van der Waals surface area contributed by atoms with Crippen LogP contribution in [0.5, 0.6) is 0 Å². The minimum Gasteiger partial charge on any atom is -0.352 e. The van der Waals surface area contributed by atoms with Gasteiger partial charge in [-0.2, -0.15) is 5.10 Å². The molecule has 8 heteroatoms. The van der Waals surface area contributed by atoms with E-state index < -0.39 is 0 Å². The largest absolute Gasteiger partial charge is 0.352 e. The Bertz CT molecular complexity index is 945. The first-order chi connectivity index (χ1) is 14.3. The van der Waals surface area contributed by atoms with Crippen molar-refractivity contribution in [3.8, 4) is 11.3 Å². The number of nitrogens with zero attached hydrogens (tertiary/aromatic N) is 4. The molecule has 0 bridgehead atoms. The fourth-order valence-electron chi connectivity index (χ4n) is 3.97. The molecular weight excluding hydrogens is 384 g/mol. The van der Waals surface area contributed by atoms with Crippen LogP contribution >= 0.6 is 11.8 Å². The summed E-state index contributed by atoms with van der Waals surface area (Å²) >= 11 is 1.65. The summed E-state index contributed by atoms with van der Waals surface area (Å²) in [5, 5.41) is 19.8. The van der Waals surface area contributed by atoms with Gasteiger partial charge in [0.1, 0.15) is 5.82 Å². The van der Waals surface area contributed by atoms with E-state index in [1.165, 1.54) is 25.7 Å². The van der Waals surface area contributed by atoms with E-state index in [-0.39, 0.29) is 5.91 Å². The van der Waals surface area contributed by atoms with E-state index in [0.717, 1.165) is 35.1 Å². The van der Waals surface area contributed by atoms with Crippen molar-refractivity contribution in [2.24, 2.45) is 0 Å². The van der Waals surface area contributed by atoms with Gasteiger partial charge in [0.25, 0.3) is 5.91 Å². The van der Waals surface area contributed by atoms with Crippen molar-refractivity contribution >= 4 is 17.7 Å². The number of aryl methyl sites for hydroxylation is 1. The summed E-state index contributed by atoms with van der Waals surface area (Å²) in [6.45, 7) is 0.588. The zero-order valence-electron chi connectivity index (χ0n) is 16.6. The van der Waals surface area contributed by atoms with Crippen molar-refractivity contribution in [3.05, 3.63) is 47.9 Å². The monoisotopic (exact) mass is 410 g/mol. The minimum absolute atomic E-state index is 0.111. The van der Waals surface area contributed by atoms with Gasteiger partial charge < -0.3 is 9.88 Å². The van der Waals surface area contributed by atoms with E-state index in [1.807, 2.05) is 30.3 Å². The van der Waals surface area contributed by atoms with Crippen LogP contribution in [0.2, 0.25) is 0 Å². The second-order valence-corrected chi connectivity index (χ2v) is 8.07. The van der Waals surface area contributed by atoms with Crippen LogP contribution in [0.15, 0.2) is 41.7 Å². The molecule has 1 amide bonds. The molecule has 2 heterocycles. The summed E-state index contributed by atoms with van der Waals surface area (Å²) in [5.74, 6) is 0.920. The van der Waals surface area contributed by atoms with Crippen LogP contribution in [-0.4, -0.2) is 43.7 Å². The number of aromatic amines is 1. The van der Waals surface area contributed by atoms with Crippen LogP contribution in [0, 0.1) is 0 Å². The van der Waals surface area contributed by atoms with Gasteiger partial charge in [0.15, 0.2) is 5.16 Å². The summed E-state index contributed by atoms with van der Waals surface area (Å²) in [4.78, 5) is 12.6. The molecule has 0 aliphatic heterocycles. The van der Waals surface area contributed by atoms with Gasteiger partial charge in [-0.05, 0) is 25.5 Å². The van der Waals surface area contributed by atoms with Crippen molar-refractivity contribution in [3.63, 3.8) is 0 Å². The molecule has 1 aliphatic rings. The van der Waals surface area contributed by atoms with Crippen molar-refractivity contribution in [2.75, 3.05) is 12.8 Å². The number of hydrogen-bond donors (Lipinski definition) is 2. The van der Waals surface area contributed by atoms with E-state index in [0.29, 0.717) is 18.2 Å². The third-order valence-electron chi connectivity index (χ3n) is 5.42. The zero-order valence-corrected chi connectivity index (χ0v) is 17.4. The van der Waals surface area contributed by atoms with Crippen LogP contribution < -0.4 is 5.32 Å². The smallest absolute Gasteiger partial charge is 0.255 e. The summed E-state index contributed by atoms with van der Waals surface area (Å²) in [5.41, 5.74) is 2.26. The van der Waals surface area contributed by atoms with Gasteiger partial charge in [0.05, 0.1) is 17.5 Å². The van der Waals surface area contributed by atoms with Crippen molar-refractivity contribution in [1.29, 1.82) is 0 Å². The fraction of sp³-hybridized carbons (Fsp3) is 0.429. The van der Waals surface area contributed by atoms with Gasteiger partial charge in [-0.15, -0.1) is 10.2 Å². The van der Waals surface area contributed by atoms with Gasteiger partial charge in [0, 0.05) is 24.6 Å². The van der Waals surface area contributed by atoms with Crippen LogP contribution in [0.4, 0.5) is 0 Å². The summed E-state index contributed by atoms with van der Waals surface area (Å²) in [7, 11) is 0.